The third-order valence-corrected chi connectivity index (χ3v) is 8.75. The first-order valence-corrected chi connectivity index (χ1v) is 16.9. The molecule has 0 unspecified atom stereocenters. The molecule has 0 atom stereocenters. The Balaban J connectivity index is 1.36. The van der Waals surface area contributed by atoms with E-state index in [9.17, 15) is 9.18 Å². The standard InChI is InChI=1S/C36H55FN2O2/c1-3-5-7-9-11-13-15-17-19-30-27-38-35(39-28-30)31-22-25-33(34(37)26-31)36(40)41-32-23-20-29(21-24-32)18-16-14-12-10-8-6-4-2/h22,25-29,32H,3-21,23-24H2,1-2H3/t29-,32-. The van der Waals surface area contributed by atoms with Gasteiger partial charge in [0, 0.05) is 18.0 Å². The summed E-state index contributed by atoms with van der Waals surface area (Å²) in [5.74, 6) is 0.0732. The number of hydrogen-bond donors (Lipinski definition) is 0. The number of carbonyl (C=O) groups is 1. The number of hydrogen-bond acceptors (Lipinski definition) is 4. The molecule has 0 radical (unpaired) electrons. The predicted octanol–water partition coefficient (Wildman–Crippen LogP) is 10.8. The first-order chi connectivity index (χ1) is 20.1. The third-order valence-electron chi connectivity index (χ3n) is 8.75. The van der Waals surface area contributed by atoms with Gasteiger partial charge in [0.15, 0.2) is 5.82 Å². The summed E-state index contributed by atoms with van der Waals surface area (Å²) in [7, 11) is 0. The van der Waals surface area contributed by atoms with E-state index in [-0.39, 0.29) is 11.7 Å². The minimum Gasteiger partial charge on any atom is -0.459 e. The van der Waals surface area contributed by atoms with Crippen LogP contribution in [0.25, 0.3) is 11.4 Å². The molecule has 0 N–H and O–H groups in total. The number of aromatic nitrogens is 2. The molecule has 0 amide bonds. The van der Waals surface area contributed by atoms with Gasteiger partial charge in [-0.1, -0.05) is 116 Å². The fraction of sp³-hybridized carbons (Fsp3) is 0.694. The topological polar surface area (TPSA) is 52.1 Å². The van der Waals surface area contributed by atoms with E-state index in [4.69, 9.17) is 4.74 Å². The fourth-order valence-corrected chi connectivity index (χ4v) is 6.06. The lowest BCUT2D eigenvalue weighted by Crippen LogP contribution is -2.25. The Kier molecular flexibility index (Phi) is 16.0. The van der Waals surface area contributed by atoms with E-state index in [1.807, 2.05) is 12.4 Å². The number of nitrogens with zero attached hydrogens (tertiary/aromatic N) is 2. The Bertz CT molecular complexity index is 986. The molecule has 4 nitrogen and oxygen atoms in total. The first kappa shape index (κ1) is 33.2. The van der Waals surface area contributed by atoms with Crippen LogP contribution < -0.4 is 0 Å². The van der Waals surface area contributed by atoms with Crippen molar-refractivity contribution in [1.82, 2.24) is 9.97 Å². The van der Waals surface area contributed by atoms with Gasteiger partial charge in [-0.2, -0.15) is 0 Å². The molecule has 0 aliphatic heterocycles. The molecule has 0 bridgehead atoms. The Morgan fingerprint density at radius 2 is 1.34 bits per heavy atom. The number of aryl methyl sites for hydroxylation is 1. The maximum atomic E-state index is 14.9. The monoisotopic (exact) mass is 566 g/mol. The number of carbonyl (C=O) groups excluding carboxylic acids is 1. The molecule has 1 fully saturated rings. The highest BCUT2D eigenvalue weighted by atomic mass is 19.1. The molecule has 3 rings (SSSR count). The van der Waals surface area contributed by atoms with Crippen LogP contribution in [-0.2, 0) is 11.2 Å². The molecular formula is C36H55FN2O2. The van der Waals surface area contributed by atoms with Crippen LogP contribution in [0.2, 0.25) is 0 Å². The molecule has 0 saturated heterocycles. The quantitative estimate of drug-likeness (QED) is 0.118. The summed E-state index contributed by atoms with van der Waals surface area (Å²) in [4.78, 5) is 21.7. The maximum Gasteiger partial charge on any atom is 0.341 e. The molecule has 41 heavy (non-hydrogen) atoms. The van der Waals surface area contributed by atoms with E-state index >= 15 is 0 Å². The van der Waals surface area contributed by atoms with Gasteiger partial charge in [0.1, 0.15) is 11.9 Å². The van der Waals surface area contributed by atoms with Crippen molar-refractivity contribution >= 4 is 5.97 Å². The minimum absolute atomic E-state index is 0.00902. The lowest BCUT2D eigenvalue weighted by molar-refractivity contribution is 0.0156. The van der Waals surface area contributed by atoms with Gasteiger partial charge in [-0.25, -0.2) is 19.2 Å². The normalized spacial score (nSPS) is 17.0. The molecule has 1 aromatic heterocycles. The summed E-state index contributed by atoms with van der Waals surface area (Å²) in [5, 5.41) is 0. The van der Waals surface area contributed by atoms with Gasteiger partial charge in [0.2, 0.25) is 0 Å². The van der Waals surface area contributed by atoms with Crippen molar-refractivity contribution < 1.29 is 13.9 Å². The van der Waals surface area contributed by atoms with Crippen LogP contribution in [-0.4, -0.2) is 22.0 Å². The van der Waals surface area contributed by atoms with Gasteiger partial charge >= 0.3 is 5.97 Å². The maximum absolute atomic E-state index is 14.9. The second-order valence-electron chi connectivity index (χ2n) is 12.3. The Morgan fingerprint density at radius 1 is 0.780 bits per heavy atom. The van der Waals surface area contributed by atoms with E-state index in [1.165, 1.54) is 108 Å². The van der Waals surface area contributed by atoms with E-state index < -0.39 is 11.8 Å². The van der Waals surface area contributed by atoms with Crippen molar-refractivity contribution in [3.05, 3.63) is 47.5 Å². The highest BCUT2D eigenvalue weighted by molar-refractivity contribution is 5.90. The summed E-state index contributed by atoms with van der Waals surface area (Å²) in [6.45, 7) is 4.51. The van der Waals surface area contributed by atoms with E-state index in [0.29, 0.717) is 11.4 Å². The lowest BCUT2D eigenvalue weighted by atomic mass is 9.84. The van der Waals surface area contributed by atoms with Crippen LogP contribution in [0.1, 0.15) is 158 Å². The molecule has 1 saturated carbocycles. The number of rotatable bonds is 20. The zero-order chi connectivity index (χ0) is 29.1. The second kappa shape index (κ2) is 19.8. The van der Waals surface area contributed by atoms with Crippen LogP contribution >= 0.6 is 0 Å². The second-order valence-corrected chi connectivity index (χ2v) is 12.3. The molecule has 1 aliphatic rings. The Labute approximate surface area is 249 Å². The molecule has 5 heteroatoms. The zero-order valence-electron chi connectivity index (χ0n) is 26.0. The summed E-state index contributed by atoms with van der Waals surface area (Å²) >= 11 is 0. The number of esters is 1. The third kappa shape index (κ3) is 12.6. The van der Waals surface area contributed by atoms with E-state index in [0.717, 1.165) is 50.0 Å². The number of halogens is 1. The number of benzene rings is 1. The lowest BCUT2D eigenvalue weighted by Gasteiger charge is -2.28. The SMILES string of the molecule is CCCCCCCCCCc1cnc(-c2ccc(C(=O)O[C@H]3CC[C@H](CCCCCCCCC)CC3)c(F)c2)nc1. The van der Waals surface area contributed by atoms with Crippen LogP contribution in [0.15, 0.2) is 30.6 Å². The molecule has 1 aliphatic carbocycles. The first-order valence-electron chi connectivity index (χ1n) is 16.9. The number of unbranched alkanes of at least 4 members (excludes halogenated alkanes) is 13. The van der Waals surface area contributed by atoms with Crippen molar-refractivity contribution in [1.29, 1.82) is 0 Å². The molecule has 228 valence electrons. The minimum atomic E-state index is -0.577. The zero-order valence-corrected chi connectivity index (χ0v) is 26.0. The molecule has 0 spiro atoms. The summed E-state index contributed by atoms with van der Waals surface area (Å²) in [6, 6.07) is 4.58. The Morgan fingerprint density at radius 3 is 1.93 bits per heavy atom. The van der Waals surface area contributed by atoms with Crippen LogP contribution in [0.4, 0.5) is 4.39 Å². The summed E-state index contributed by atoms with van der Waals surface area (Å²) in [6.07, 6.45) is 29.5. The van der Waals surface area contributed by atoms with Gasteiger partial charge in [-0.15, -0.1) is 0 Å². The van der Waals surface area contributed by atoms with Crippen molar-refractivity contribution in [3.8, 4) is 11.4 Å². The fourth-order valence-electron chi connectivity index (χ4n) is 6.06. The summed E-state index contributed by atoms with van der Waals surface area (Å²) < 4.78 is 20.7. The average Bonchev–Trinajstić information content (AvgIpc) is 2.99. The van der Waals surface area contributed by atoms with Crippen LogP contribution in [0.3, 0.4) is 0 Å². The molecular weight excluding hydrogens is 511 g/mol. The van der Waals surface area contributed by atoms with Gasteiger partial charge in [-0.05, 0) is 62.1 Å². The van der Waals surface area contributed by atoms with E-state index in [2.05, 4.69) is 23.8 Å². The largest absolute Gasteiger partial charge is 0.459 e. The van der Waals surface area contributed by atoms with Gasteiger partial charge in [0.05, 0.1) is 5.56 Å². The van der Waals surface area contributed by atoms with E-state index in [1.54, 1.807) is 6.07 Å². The van der Waals surface area contributed by atoms with Crippen molar-refractivity contribution in [2.75, 3.05) is 0 Å². The van der Waals surface area contributed by atoms with Crippen LogP contribution in [0.5, 0.6) is 0 Å². The van der Waals surface area contributed by atoms with Crippen molar-refractivity contribution in [2.24, 2.45) is 5.92 Å². The molecule has 1 heterocycles. The van der Waals surface area contributed by atoms with Crippen LogP contribution in [0, 0.1) is 11.7 Å². The molecule has 1 aromatic carbocycles. The van der Waals surface area contributed by atoms with Crippen molar-refractivity contribution in [2.45, 2.75) is 155 Å². The highest BCUT2D eigenvalue weighted by Gasteiger charge is 2.25. The Hall–Kier alpha value is -2.30. The van der Waals surface area contributed by atoms with Gasteiger partial charge < -0.3 is 4.74 Å². The smallest absolute Gasteiger partial charge is 0.341 e. The van der Waals surface area contributed by atoms with Crippen molar-refractivity contribution in [3.63, 3.8) is 0 Å². The van der Waals surface area contributed by atoms with Gasteiger partial charge in [-0.3, -0.25) is 0 Å². The number of ether oxygens (including phenoxy) is 1. The average molecular weight is 567 g/mol. The predicted molar refractivity (Wildman–Crippen MR) is 168 cm³/mol. The molecule has 2 aromatic rings. The van der Waals surface area contributed by atoms with Gasteiger partial charge in [0.25, 0.3) is 0 Å². The highest BCUT2D eigenvalue weighted by Crippen LogP contribution is 2.31. The summed E-state index contributed by atoms with van der Waals surface area (Å²) in [5.41, 5.74) is 1.67.